The van der Waals surface area contributed by atoms with Crippen LogP contribution in [0.15, 0.2) is 51.8 Å². The minimum Gasteiger partial charge on any atom is -0.495 e. The van der Waals surface area contributed by atoms with Gasteiger partial charge in [0.25, 0.3) is 5.91 Å². The fraction of sp³-hybridized carbons (Fsp3) is 0.316. The third kappa shape index (κ3) is 4.69. The highest BCUT2D eigenvalue weighted by Crippen LogP contribution is 2.29. The number of ether oxygens (including phenoxy) is 1. The lowest BCUT2D eigenvalue weighted by molar-refractivity contribution is 0.0939. The quantitative estimate of drug-likeness (QED) is 0.673. The molecule has 0 aliphatic heterocycles. The number of carbonyl (C=O) groups excluding carboxylic acids is 1. The summed E-state index contributed by atoms with van der Waals surface area (Å²) in [5.74, 6) is -0.151. The molecule has 1 amide bonds. The van der Waals surface area contributed by atoms with Crippen molar-refractivity contribution >= 4 is 31.9 Å². The lowest BCUT2D eigenvalue weighted by Crippen LogP contribution is -2.28. The first kappa shape index (κ1) is 19.9. The second-order valence-electron chi connectivity index (χ2n) is 6.48. The highest BCUT2D eigenvalue weighted by molar-refractivity contribution is 9.10. The van der Waals surface area contributed by atoms with Crippen molar-refractivity contribution < 1.29 is 17.9 Å². The Balaban J connectivity index is 1.85. The Morgan fingerprint density at radius 3 is 2.56 bits per heavy atom. The lowest BCUT2D eigenvalue weighted by Gasteiger charge is -2.17. The summed E-state index contributed by atoms with van der Waals surface area (Å²) in [7, 11) is -2.34. The van der Waals surface area contributed by atoms with E-state index in [4.69, 9.17) is 4.74 Å². The standard InChI is InChI=1S/C19H21BrN2O4S/c1-12(15-5-3-4-6-16(15)20)21-19(23)13-7-10-17(26-2)18(11-13)27(24,25)22-14-8-9-14/h3-7,10-12,14,22H,8-9H2,1-2H3,(H,21,23)/t12-/m1/s1. The van der Waals surface area contributed by atoms with E-state index < -0.39 is 10.0 Å². The molecule has 0 radical (unpaired) electrons. The summed E-state index contributed by atoms with van der Waals surface area (Å²) in [6, 6.07) is 11.7. The molecule has 2 N–H and O–H groups in total. The number of methoxy groups -OCH3 is 1. The predicted molar refractivity (Wildman–Crippen MR) is 106 cm³/mol. The molecule has 0 spiro atoms. The number of carbonyl (C=O) groups is 1. The Hall–Kier alpha value is -1.90. The zero-order chi connectivity index (χ0) is 19.6. The van der Waals surface area contributed by atoms with E-state index in [0.29, 0.717) is 0 Å². The van der Waals surface area contributed by atoms with E-state index in [9.17, 15) is 13.2 Å². The van der Waals surface area contributed by atoms with Gasteiger partial charge in [0.2, 0.25) is 10.0 Å². The maximum absolute atomic E-state index is 12.7. The van der Waals surface area contributed by atoms with Crippen LogP contribution in [-0.4, -0.2) is 27.5 Å². The Labute approximate surface area is 167 Å². The van der Waals surface area contributed by atoms with E-state index in [1.165, 1.54) is 19.2 Å². The van der Waals surface area contributed by atoms with Crippen molar-refractivity contribution in [2.24, 2.45) is 0 Å². The smallest absolute Gasteiger partial charge is 0.251 e. The van der Waals surface area contributed by atoms with E-state index in [-0.39, 0.29) is 34.2 Å². The lowest BCUT2D eigenvalue weighted by atomic mass is 10.1. The van der Waals surface area contributed by atoms with Gasteiger partial charge in [0.05, 0.1) is 13.2 Å². The fourth-order valence-electron chi connectivity index (χ4n) is 2.70. The number of sulfonamides is 1. The van der Waals surface area contributed by atoms with E-state index in [2.05, 4.69) is 26.0 Å². The molecule has 1 fully saturated rings. The number of hydrogen-bond acceptors (Lipinski definition) is 4. The zero-order valence-electron chi connectivity index (χ0n) is 15.0. The summed E-state index contributed by atoms with van der Waals surface area (Å²) in [4.78, 5) is 12.6. The normalized spacial score (nSPS) is 15.2. The van der Waals surface area contributed by atoms with Crippen molar-refractivity contribution in [3.05, 3.63) is 58.1 Å². The SMILES string of the molecule is COc1ccc(C(=O)N[C@H](C)c2ccccc2Br)cc1S(=O)(=O)NC1CC1. The van der Waals surface area contributed by atoms with Crippen LogP contribution in [-0.2, 0) is 10.0 Å². The summed E-state index contributed by atoms with van der Waals surface area (Å²) in [6.45, 7) is 1.87. The number of benzene rings is 2. The van der Waals surface area contributed by atoms with Gasteiger partial charge >= 0.3 is 0 Å². The summed E-state index contributed by atoms with van der Waals surface area (Å²) in [6.07, 6.45) is 1.65. The van der Waals surface area contributed by atoms with Crippen molar-refractivity contribution in [3.63, 3.8) is 0 Å². The highest BCUT2D eigenvalue weighted by atomic mass is 79.9. The molecule has 27 heavy (non-hydrogen) atoms. The van der Waals surface area contributed by atoms with Gasteiger partial charge in [0, 0.05) is 16.1 Å². The van der Waals surface area contributed by atoms with Crippen LogP contribution < -0.4 is 14.8 Å². The molecule has 2 aromatic rings. The minimum absolute atomic E-state index is 0.0295. The van der Waals surface area contributed by atoms with Crippen molar-refractivity contribution in [3.8, 4) is 5.75 Å². The number of halogens is 1. The van der Waals surface area contributed by atoms with Crippen LogP contribution >= 0.6 is 15.9 Å². The molecular formula is C19H21BrN2O4S. The molecule has 0 bridgehead atoms. The Morgan fingerprint density at radius 1 is 1.22 bits per heavy atom. The maximum Gasteiger partial charge on any atom is 0.251 e. The minimum atomic E-state index is -3.75. The number of nitrogens with one attached hydrogen (secondary N) is 2. The van der Waals surface area contributed by atoms with Crippen molar-refractivity contribution in [2.75, 3.05) is 7.11 Å². The van der Waals surface area contributed by atoms with Crippen molar-refractivity contribution in [2.45, 2.75) is 36.7 Å². The van der Waals surface area contributed by atoms with Gasteiger partial charge in [-0.3, -0.25) is 4.79 Å². The first-order valence-corrected chi connectivity index (χ1v) is 10.8. The molecule has 1 aliphatic rings. The predicted octanol–water partition coefficient (Wildman–Crippen LogP) is 3.39. The zero-order valence-corrected chi connectivity index (χ0v) is 17.4. The third-order valence-electron chi connectivity index (χ3n) is 4.33. The molecule has 2 aromatic carbocycles. The van der Waals surface area contributed by atoms with Crippen molar-refractivity contribution in [1.29, 1.82) is 0 Å². The molecule has 3 rings (SSSR count). The maximum atomic E-state index is 12.7. The molecule has 0 saturated heterocycles. The van der Waals surface area contributed by atoms with Crippen LogP contribution in [0.2, 0.25) is 0 Å². The summed E-state index contributed by atoms with van der Waals surface area (Å²) < 4.78 is 33.9. The van der Waals surface area contributed by atoms with Crippen LogP contribution in [0.4, 0.5) is 0 Å². The van der Waals surface area contributed by atoms with Crippen LogP contribution in [0, 0.1) is 0 Å². The van der Waals surface area contributed by atoms with Crippen LogP contribution in [0.3, 0.4) is 0 Å². The molecule has 1 atom stereocenters. The first-order chi connectivity index (χ1) is 12.8. The number of hydrogen-bond donors (Lipinski definition) is 2. The van der Waals surface area contributed by atoms with E-state index in [0.717, 1.165) is 22.9 Å². The summed E-state index contributed by atoms with van der Waals surface area (Å²) in [5.41, 5.74) is 1.19. The van der Waals surface area contributed by atoms with Crippen LogP contribution in [0.25, 0.3) is 0 Å². The average Bonchev–Trinajstić information content (AvgIpc) is 3.44. The van der Waals surface area contributed by atoms with E-state index >= 15 is 0 Å². The molecule has 8 heteroatoms. The third-order valence-corrected chi connectivity index (χ3v) is 6.60. The van der Waals surface area contributed by atoms with Crippen LogP contribution in [0.5, 0.6) is 5.75 Å². The molecule has 1 aliphatic carbocycles. The summed E-state index contributed by atoms with van der Waals surface area (Å²) in [5, 5.41) is 2.90. The molecular weight excluding hydrogens is 432 g/mol. The van der Waals surface area contributed by atoms with Gasteiger partial charge in [-0.1, -0.05) is 34.1 Å². The molecule has 0 heterocycles. The molecule has 1 saturated carbocycles. The number of rotatable bonds is 7. The Bertz CT molecular complexity index is 958. The van der Waals surface area contributed by atoms with Gasteiger partial charge in [-0.15, -0.1) is 0 Å². The molecule has 6 nitrogen and oxygen atoms in total. The van der Waals surface area contributed by atoms with E-state index in [1.54, 1.807) is 6.07 Å². The molecule has 144 valence electrons. The number of amides is 1. The van der Waals surface area contributed by atoms with Gasteiger partial charge in [0.1, 0.15) is 10.6 Å². The second-order valence-corrected chi connectivity index (χ2v) is 9.01. The van der Waals surface area contributed by atoms with Gasteiger partial charge in [-0.25, -0.2) is 13.1 Å². The highest BCUT2D eigenvalue weighted by Gasteiger charge is 2.30. The van der Waals surface area contributed by atoms with Gasteiger partial charge in [0.15, 0.2) is 0 Å². The van der Waals surface area contributed by atoms with Crippen molar-refractivity contribution in [1.82, 2.24) is 10.0 Å². The fourth-order valence-corrected chi connectivity index (χ4v) is 4.82. The average molecular weight is 453 g/mol. The first-order valence-electron chi connectivity index (χ1n) is 8.57. The largest absolute Gasteiger partial charge is 0.495 e. The van der Waals surface area contributed by atoms with E-state index in [1.807, 2.05) is 31.2 Å². The second kappa shape index (κ2) is 8.00. The van der Waals surface area contributed by atoms with Gasteiger partial charge < -0.3 is 10.1 Å². The topological polar surface area (TPSA) is 84.5 Å². The van der Waals surface area contributed by atoms with Crippen LogP contribution in [0.1, 0.15) is 41.7 Å². The molecule has 0 aromatic heterocycles. The van der Waals surface area contributed by atoms with Gasteiger partial charge in [-0.2, -0.15) is 0 Å². The Kier molecular flexibility index (Phi) is 5.88. The Morgan fingerprint density at radius 2 is 1.93 bits per heavy atom. The summed E-state index contributed by atoms with van der Waals surface area (Å²) >= 11 is 3.47. The monoisotopic (exact) mass is 452 g/mol. The van der Waals surface area contributed by atoms with Gasteiger partial charge in [-0.05, 0) is 49.6 Å². The molecule has 0 unspecified atom stereocenters.